The number of carbonyl (C=O) groups excluding carboxylic acids is 1. The smallest absolute Gasteiger partial charge is 0.243 e. The third-order valence-electron chi connectivity index (χ3n) is 4.45. The predicted octanol–water partition coefficient (Wildman–Crippen LogP) is 2.74. The third kappa shape index (κ3) is 2.44. The second-order valence-electron chi connectivity index (χ2n) is 6.55. The second-order valence-corrected chi connectivity index (χ2v) is 6.55. The maximum Gasteiger partial charge on any atom is 0.243 e. The average Bonchev–Trinajstić information content (AvgIpc) is 2.65. The lowest BCUT2D eigenvalue weighted by atomic mass is 9.76. The zero-order valence-electron chi connectivity index (χ0n) is 11.9. The van der Waals surface area contributed by atoms with Gasteiger partial charge in [-0.15, -0.1) is 0 Å². The van der Waals surface area contributed by atoms with Gasteiger partial charge in [-0.2, -0.15) is 0 Å². The number of rotatable bonds is 1. The van der Waals surface area contributed by atoms with Crippen molar-refractivity contribution in [3.05, 3.63) is 35.6 Å². The summed E-state index contributed by atoms with van der Waals surface area (Å²) in [4.78, 5) is 12.3. The van der Waals surface area contributed by atoms with E-state index in [1.165, 1.54) is 18.6 Å². The second kappa shape index (κ2) is 4.85. The molecule has 1 heterocycles. The fourth-order valence-electron chi connectivity index (χ4n) is 3.92. The van der Waals surface area contributed by atoms with Gasteiger partial charge in [-0.3, -0.25) is 10.1 Å². The Morgan fingerprint density at radius 2 is 1.75 bits per heavy atom. The Labute approximate surface area is 118 Å². The van der Waals surface area contributed by atoms with Gasteiger partial charge in [0, 0.05) is 0 Å². The van der Waals surface area contributed by atoms with Crippen LogP contribution in [0.4, 0.5) is 4.39 Å². The molecule has 3 unspecified atom stereocenters. The van der Waals surface area contributed by atoms with Crippen molar-refractivity contribution in [1.82, 2.24) is 10.6 Å². The van der Waals surface area contributed by atoms with Crippen LogP contribution in [0.15, 0.2) is 24.3 Å². The van der Waals surface area contributed by atoms with Crippen molar-refractivity contribution in [2.45, 2.75) is 44.8 Å². The van der Waals surface area contributed by atoms with Crippen molar-refractivity contribution >= 4 is 5.91 Å². The number of benzene rings is 1. The van der Waals surface area contributed by atoms with E-state index in [1.807, 2.05) is 0 Å². The van der Waals surface area contributed by atoms with Crippen LogP contribution in [0.25, 0.3) is 0 Å². The van der Waals surface area contributed by atoms with Crippen LogP contribution in [0.2, 0.25) is 0 Å². The molecule has 2 aliphatic rings. The van der Waals surface area contributed by atoms with E-state index >= 15 is 0 Å². The molecule has 2 fully saturated rings. The molecule has 3 atom stereocenters. The number of carbonyl (C=O) groups is 1. The predicted molar refractivity (Wildman–Crippen MR) is 75.3 cm³/mol. The van der Waals surface area contributed by atoms with E-state index in [4.69, 9.17) is 0 Å². The van der Waals surface area contributed by atoms with Gasteiger partial charge in [-0.1, -0.05) is 26.0 Å². The van der Waals surface area contributed by atoms with Gasteiger partial charge >= 0.3 is 0 Å². The zero-order chi connectivity index (χ0) is 14.3. The molecule has 108 valence electrons. The highest BCUT2D eigenvalue weighted by Gasteiger charge is 2.47. The molecule has 1 spiro atoms. The Morgan fingerprint density at radius 1 is 1.15 bits per heavy atom. The van der Waals surface area contributed by atoms with Gasteiger partial charge < -0.3 is 5.32 Å². The van der Waals surface area contributed by atoms with Crippen LogP contribution in [0.5, 0.6) is 0 Å². The standard InChI is InChI=1S/C16H21FN2O/c1-10-7-11(2)9-16(8-10)18-14(15(20)19-16)12-3-5-13(17)6-4-12/h3-6,10-11,14,18H,7-9H2,1-2H3,(H,19,20). The lowest BCUT2D eigenvalue weighted by Crippen LogP contribution is -2.54. The molecule has 20 heavy (non-hydrogen) atoms. The Bertz CT molecular complexity index is 504. The van der Waals surface area contributed by atoms with Crippen LogP contribution in [0.1, 0.15) is 44.7 Å². The van der Waals surface area contributed by atoms with E-state index in [2.05, 4.69) is 24.5 Å². The Hall–Kier alpha value is -1.42. The van der Waals surface area contributed by atoms with E-state index in [0.717, 1.165) is 18.4 Å². The minimum absolute atomic E-state index is 0.00194. The highest BCUT2D eigenvalue weighted by atomic mass is 19.1. The van der Waals surface area contributed by atoms with E-state index in [9.17, 15) is 9.18 Å². The summed E-state index contributed by atoms with van der Waals surface area (Å²) in [6.45, 7) is 4.47. The first kappa shape index (κ1) is 13.6. The largest absolute Gasteiger partial charge is 0.336 e. The van der Waals surface area contributed by atoms with E-state index in [1.54, 1.807) is 12.1 Å². The first-order valence-electron chi connectivity index (χ1n) is 7.33. The molecule has 1 aromatic rings. The van der Waals surface area contributed by atoms with Crippen LogP contribution in [0, 0.1) is 17.7 Å². The first-order valence-corrected chi connectivity index (χ1v) is 7.33. The molecule has 1 aromatic carbocycles. The number of halogens is 1. The van der Waals surface area contributed by atoms with Gasteiger partial charge in [0.25, 0.3) is 0 Å². The van der Waals surface area contributed by atoms with Gasteiger partial charge in [0.15, 0.2) is 0 Å². The van der Waals surface area contributed by atoms with Crippen LogP contribution in [0.3, 0.4) is 0 Å². The van der Waals surface area contributed by atoms with Crippen LogP contribution in [-0.2, 0) is 4.79 Å². The summed E-state index contributed by atoms with van der Waals surface area (Å²) >= 11 is 0. The molecule has 3 nitrogen and oxygen atoms in total. The highest BCUT2D eigenvalue weighted by Crippen LogP contribution is 2.38. The van der Waals surface area contributed by atoms with Crippen molar-refractivity contribution in [3.8, 4) is 0 Å². The molecule has 1 amide bonds. The quantitative estimate of drug-likeness (QED) is 0.828. The van der Waals surface area contributed by atoms with Crippen molar-refractivity contribution < 1.29 is 9.18 Å². The fraction of sp³-hybridized carbons (Fsp3) is 0.562. The summed E-state index contributed by atoms with van der Waals surface area (Å²) in [7, 11) is 0. The maximum atomic E-state index is 13.0. The van der Waals surface area contributed by atoms with Crippen molar-refractivity contribution in [2.75, 3.05) is 0 Å². The van der Waals surface area contributed by atoms with E-state index < -0.39 is 0 Å². The Morgan fingerprint density at radius 3 is 2.35 bits per heavy atom. The first-order chi connectivity index (χ1) is 9.47. The normalized spacial score (nSPS) is 37.1. The molecule has 1 aliphatic heterocycles. The molecule has 1 saturated carbocycles. The fourth-order valence-corrected chi connectivity index (χ4v) is 3.92. The topological polar surface area (TPSA) is 41.1 Å². The van der Waals surface area contributed by atoms with E-state index in [0.29, 0.717) is 11.8 Å². The molecule has 3 rings (SSSR count). The Kier molecular flexibility index (Phi) is 3.28. The summed E-state index contributed by atoms with van der Waals surface area (Å²) in [6.07, 6.45) is 3.13. The third-order valence-corrected chi connectivity index (χ3v) is 4.45. The molecular formula is C16H21FN2O. The number of hydrogen-bond acceptors (Lipinski definition) is 2. The average molecular weight is 276 g/mol. The van der Waals surface area contributed by atoms with Crippen LogP contribution < -0.4 is 10.6 Å². The van der Waals surface area contributed by atoms with Crippen molar-refractivity contribution in [3.63, 3.8) is 0 Å². The van der Waals surface area contributed by atoms with Gasteiger partial charge in [-0.05, 0) is 48.8 Å². The summed E-state index contributed by atoms with van der Waals surface area (Å²) in [5, 5.41) is 6.62. The van der Waals surface area contributed by atoms with Gasteiger partial charge in [0.05, 0.1) is 5.66 Å². The zero-order valence-corrected chi connectivity index (χ0v) is 11.9. The summed E-state index contributed by atoms with van der Waals surface area (Å²) < 4.78 is 13.0. The molecule has 0 radical (unpaired) electrons. The maximum absolute atomic E-state index is 13.0. The van der Waals surface area contributed by atoms with Crippen molar-refractivity contribution in [1.29, 1.82) is 0 Å². The van der Waals surface area contributed by atoms with E-state index in [-0.39, 0.29) is 23.4 Å². The summed E-state index contributed by atoms with van der Waals surface area (Å²) in [5.41, 5.74) is 0.541. The molecule has 4 heteroatoms. The van der Waals surface area contributed by atoms with Crippen LogP contribution >= 0.6 is 0 Å². The molecule has 1 saturated heterocycles. The Balaban J connectivity index is 1.83. The molecule has 1 aliphatic carbocycles. The molecule has 2 N–H and O–H groups in total. The molecular weight excluding hydrogens is 255 g/mol. The van der Waals surface area contributed by atoms with Crippen molar-refractivity contribution in [2.24, 2.45) is 11.8 Å². The SMILES string of the molecule is CC1CC(C)CC2(C1)NC(=O)C(c1ccc(F)cc1)N2. The number of amides is 1. The molecule has 0 bridgehead atoms. The van der Waals surface area contributed by atoms with Crippen LogP contribution in [-0.4, -0.2) is 11.6 Å². The highest BCUT2D eigenvalue weighted by molar-refractivity contribution is 5.86. The lowest BCUT2D eigenvalue weighted by Gasteiger charge is -2.40. The number of hydrogen-bond donors (Lipinski definition) is 2. The van der Waals surface area contributed by atoms with Gasteiger partial charge in [0.2, 0.25) is 5.91 Å². The number of nitrogens with one attached hydrogen (secondary N) is 2. The minimum atomic E-state index is -0.368. The minimum Gasteiger partial charge on any atom is -0.336 e. The summed E-state index contributed by atoms with van der Waals surface area (Å²) in [5.74, 6) is 0.914. The molecule has 0 aromatic heterocycles. The monoisotopic (exact) mass is 276 g/mol. The lowest BCUT2D eigenvalue weighted by molar-refractivity contribution is -0.121. The van der Waals surface area contributed by atoms with Gasteiger partial charge in [0.1, 0.15) is 11.9 Å². The summed E-state index contributed by atoms with van der Waals surface area (Å²) in [6, 6.07) is 5.80. The van der Waals surface area contributed by atoms with Gasteiger partial charge in [-0.25, -0.2) is 4.39 Å².